The van der Waals surface area contributed by atoms with Crippen LogP contribution in [0.15, 0.2) is 41.4 Å². The number of benzene rings is 1. The normalized spacial score (nSPS) is 9.91. The lowest BCUT2D eigenvalue weighted by Crippen LogP contribution is -2.12. The summed E-state index contributed by atoms with van der Waals surface area (Å²) in [6, 6.07) is 9.77. The molecule has 6 heteroatoms. The Balaban J connectivity index is 0.00000242. The van der Waals surface area contributed by atoms with Crippen molar-refractivity contribution in [3.05, 3.63) is 47.7 Å². The maximum atomic E-state index is 11.8. The van der Waals surface area contributed by atoms with Gasteiger partial charge in [-0.3, -0.25) is 4.79 Å². The average Bonchev–Trinajstić information content (AvgIpc) is 2.45. The maximum Gasteiger partial charge on any atom is 0.225 e. The largest absolute Gasteiger partial charge is 0.384 e. The van der Waals surface area contributed by atoms with Gasteiger partial charge < -0.3 is 11.1 Å². The molecule has 0 aliphatic heterocycles. The van der Waals surface area contributed by atoms with Gasteiger partial charge >= 0.3 is 0 Å². The fourth-order valence-electron chi connectivity index (χ4n) is 1.77. The van der Waals surface area contributed by atoms with Crippen molar-refractivity contribution in [2.45, 2.75) is 25.2 Å². The zero-order chi connectivity index (χ0) is 15.2. The van der Waals surface area contributed by atoms with Gasteiger partial charge in [0.05, 0.1) is 11.9 Å². The Hall–Kier alpha value is -1.72. The number of aryl methyl sites for hydroxylation is 2. The van der Waals surface area contributed by atoms with E-state index < -0.39 is 0 Å². The van der Waals surface area contributed by atoms with Crippen LogP contribution in [-0.4, -0.2) is 16.6 Å². The lowest BCUT2D eigenvalue weighted by Gasteiger charge is -2.06. The zero-order valence-corrected chi connectivity index (χ0v) is 14.3. The van der Waals surface area contributed by atoms with E-state index in [4.69, 9.17) is 5.73 Å². The van der Waals surface area contributed by atoms with Gasteiger partial charge in [-0.2, -0.15) is 0 Å². The third-order valence-corrected chi connectivity index (χ3v) is 4.14. The molecule has 0 radical (unpaired) electrons. The minimum absolute atomic E-state index is 0. The molecule has 0 bridgehead atoms. The fourth-order valence-corrected chi connectivity index (χ4v) is 2.72. The van der Waals surface area contributed by atoms with Crippen LogP contribution in [0.25, 0.3) is 0 Å². The summed E-state index contributed by atoms with van der Waals surface area (Å²) in [5.74, 6) is 1.17. The number of nitrogen functional groups attached to an aromatic ring is 1. The van der Waals surface area contributed by atoms with E-state index in [1.54, 1.807) is 30.1 Å². The quantitative estimate of drug-likeness (QED) is 0.814. The van der Waals surface area contributed by atoms with Crippen LogP contribution in [0, 0.1) is 13.8 Å². The summed E-state index contributed by atoms with van der Waals surface area (Å²) in [7, 11) is 0. The van der Waals surface area contributed by atoms with E-state index in [1.165, 1.54) is 16.0 Å². The van der Waals surface area contributed by atoms with E-state index in [0.717, 1.165) is 5.75 Å². The maximum absolute atomic E-state index is 11.8. The summed E-state index contributed by atoms with van der Waals surface area (Å²) >= 11 is 1.69. The first-order valence-electron chi connectivity index (χ1n) is 6.76. The van der Waals surface area contributed by atoms with Gasteiger partial charge in [-0.25, -0.2) is 4.98 Å². The second kappa shape index (κ2) is 8.66. The van der Waals surface area contributed by atoms with Crippen LogP contribution in [0.3, 0.4) is 0 Å². The van der Waals surface area contributed by atoms with Gasteiger partial charge in [0, 0.05) is 17.1 Å². The van der Waals surface area contributed by atoms with Gasteiger partial charge in [-0.15, -0.1) is 24.2 Å². The van der Waals surface area contributed by atoms with Crippen LogP contribution in [0.2, 0.25) is 0 Å². The lowest BCUT2D eigenvalue weighted by molar-refractivity contribution is -0.115. The Morgan fingerprint density at radius 1 is 1.23 bits per heavy atom. The molecule has 2 aromatic rings. The summed E-state index contributed by atoms with van der Waals surface area (Å²) in [6.07, 6.45) is 2.02. The minimum atomic E-state index is -0.0158. The second-order valence-corrected chi connectivity index (χ2v) is 6.03. The first-order valence-corrected chi connectivity index (χ1v) is 7.74. The number of nitrogens with one attached hydrogen (secondary N) is 1. The number of carbonyl (C=O) groups is 1. The van der Waals surface area contributed by atoms with Gasteiger partial charge in [0.15, 0.2) is 0 Å². The molecule has 0 saturated heterocycles. The van der Waals surface area contributed by atoms with Crippen molar-refractivity contribution < 1.29 is 4.79 Å². The molecule has 118 valence electrons. The summed E-state index contributed by atoms with van der Waals surface area (Å²) in [6.45, 7) is 4.19. The van der Waals surface area contributed by atoms with Gasteiger partial charge in [-0.05, 0) is 49.2 Å². The zero-order valence-electron chi connectivity index (χ0n) is 12.6. The molecule has 0 spiro atoms. The third kappa shape index (κ3) is 5.58. The van der Waals surface area contributed by atoms with Crippen molar-refractivity contribution in [2.24, 2.45) is 0 Å². The number of aromatic nitrogens is 1. The van der Waals surface area contributed by atoms with Crippen LogP contribution in [-0.2, 0) is 4.79 Å². The lowest BCUT2D eigenvalue weighted by atomic mass is 10.1. The number of pyridine rings is 1. The molecule has 4 nitrogen and oxygen atoms in total. The highest BCUT2D eigenvalue weighted by molar-refractivity contribution is 7.99. The van der Waals surface area contributed by atoms with E-state index in [2.05, 4.69) is 42.3 Å². The molecule has 22 heavy (non-hydrogen) atoms. The number of anilines is 2. The van der Waals surface area contributed by atoms with Gasteiger partial charge in [-0.1, -0.05) is 6.07 Å². The molecular formula is C16H20ClN3OS. The highest BCUT2D eigenvalue weighted by atomic mass is 35.5. The number of carbonyl (C=O) groups excluding carboxylic acids is 1. The van der Waals surface area contributed by atoms with E-state index in [0.29, 0.717) is 17.9 Å². The van der Waals surface area contributed by atoms with Crippen LogP contribution in [0.5, 0.6) is 0 Å². The summed E-state index contributed by atoms with van der Waals surface area (Å²) in [5, 5.41) is 2.81. The third-order valence-electron chi connectivity index (χ3n) is 3.15. The summed E-state index contributed by atoms with van der Waals surface area (Å²) in [4.78, 5) is 17.0. The number of hydrogen-bond acceptors (Lipinski definition) is 4. The van der Waals surface area contributed by atoms with E-state index >= 15 is 0 Å². The van der Waals surface area contributed by atoms with E-state index in [1.807, 2.05) is 0 Å². The fraction of sp³-hybridized carbons (Fsp3) is 0.250. The van der Waals surface area contributed by atoms with Crippen molar-refractivity contribution in [3.8, 4) is 0 Å². The van der Waals surface area contributed by atoms with Crippen molar-refractivity contribution in [2.75, 3.05) is 16.8 Å². The smallest absolute Gasteiger partial charge is 0.225 e. The van der Waals surface area contributed by atoms with Gasteiger partial charge in [0.1, 0.15) is 5.82 Å². The molecule has 1 aromatic carbocycles. The first kappa shape index (κ1) is 18.3. The Morgan fingerprint density at radius 3 is 2.64 bits per heavy atom. The highest BCUT2D eigenvalue weighted by Crippen LogP contribution is 2.21. The van der Waals surface area contributed by atoms with Crippen molar-refractivity contribution in [1.29, 1.82) is 0 Å². The summed E-state index contributed by atoms with van der Waals surface area (Å²) in [5.41, 5.74) is 8.73. The predicted octanol–water partition coefficient (Wildman–Crippen LogP) is 3.82. The van der Waals surface area contributed by atoms with E-state index in [9.17, 15) is 4.79 Å². The predicted molar refractivity (Wildman–Crippen MR) is 95.8 cm³/mol. The SMILES string of the molecule is Cc1ccc(SCCC(=O)Nc2ccc(N)nc2)cc1C.Cl. The Morgan fingerprint density at radius 2 is 2.00 bits per heavy atom. The van der Waals surface area contributed by atoms with Crippen LogP contribution in [0.4, 0.5) is 11.5 Å². The Labute approximate surface area is 141 Å². The summed E-state index contributed by atoms with van der Waals surface area (Å²) < 4.78 is 0. The molecule has 0 saturated carbocycles. The van der Waals surface area contributed by atoms with Crippen LogP contribution in [0.1, 0.15) is 17.5 Å². The molecule has 2 rings (SSSR count). The van der Waals surface area contributed by atoms with Crippen molar-refractivity contribution in [3.63, 3.8) is 0 Å². The van der Waals surface area contributed by atoms with Gasteiger partial charge in [0.2, 0.25) is 5.91 Å². The molecule has 0 atom stereocenters. The minimum Gasteiger partial charge on any atom is -0.384 e. The number of nitrogens with zero attached hydrogens (tertiary/aromatic N) is 1. The van der Waals surface area contributed by atoms with Crippen molar-refractivity contribution in [1.82, 2.24) is 4.98 Å². The molecule has 0 fully saturated rings. The average molecular weight is 338 g/mol. The highest BCUT2D eigenvalue weighted by Gasteiger charge is 2.04. The monoisotopic (exact) mass is 337 g/mol. The van der Waals surface area contributed by atoms with E-state index in [-0.39, 0.29) is 18.3 Å². The number of amides is 1. The second-order valence-electron chi connectivity index (χ2n) is 4.86. The molecule has 0 unspecified atom stereocenters. The first-order chi connectivity index (χ1) is 10.0. The molecule has 1 aromatic heterocycles. The standard InChI is InChI=1S/C16H19N3OS.ClH/c1-11-3-5-14(9-12(11)2)21-8-7-16(20)19-13-4-6-15(17)18-10-13;/h3-6,9-10H,7-8H2,1-2H3,(H2,17,18)(H,19,20);1H. The number of halogens is 1. The number of hydrogen-bond donors (Lipinski definition) is 2. The molecule has 0 aliphatic carbocycles. The Bertz CT molecular complexity index is 632. The molecule has 1 amide bonds. The van der Waals surface area contributed by atoms with Gasteiger partial charge in [0.25, 0.3) is 0 Å². The number of thioether (sulfide) groups is 1. The molecular weight excluding hydrogens is 318 g/mol. The molecule has 0 aliphatic rings. The van der Waals surface area contributed by atoms with Crippen LogP contribution >= 0.6 is 24.2 Å². The number of rotatable bonds is 5. The Kier molecular flexibility index (Phi) is 7.21. The number of nitrogens with two attached hydrogens (primary N) is 1. The molecule has 3 N–H and O–H groups in total. The molecule has 1 heterocycles. The topological polar surface area (TPSA) is 68.0 Å². The van der Waals surface area contributed by atoms with Crippen LogP contribution < -0.4 is 11.1 Å². The van der Waals surface area contributed by atoms with Crippen molar-refractivity contribution >= 4 is 41.6 Å².